The van der Waals surface area contributed by atoms with Crippen molar-refractivity contribution >= 4 is 35.8 Å². The molecule has 1 saturated heterocycles. The van der Waals surface area contributed by atoms with E-state index < -0.39 is 0 Å². The number of carbonyl (C=O) groups is 1. The van der Waals surface area contributed by atoms with E-state index in [1.54, 1.807) is 19.4 Å². The average molecular weight is 451 g/mol. The molecule has 0 spiro atoms. The molecule has 1 aromatic rings. The Morgan fingerprint density at radius 2 is 2.08 bits per heavy atom. The van der Waals surface area contributed by atoms with Gasteiger partial charge in [-0.05, 0) is 12.1 Å². The summed E-state index contributed by atoms with van der Waals surface area (Å²) in [4.78, 5) is 18.2. The number of carbonyl (C=O) groups excluding carboxylic acids is 1. The Morgan fingerprint density at radius 3 is 2.75 bits per heavy atom. The smallest absolute Gasteiger partial charge is 0.239 e. The molecule has 0 aliphatic carbocycles. The molecule has 1 aliphatic heterocycles. The van der Waals surface area contributed by atoms with Crippen LogP contribution in [0.3, 0.4) is 0 Å². The maximum atomic E-state index is 11.8. The van der Waals surface area contributed by atoms with Crippen LogP contribution in [0.1, 0.15) is 5.76 Å². The van der Waals surface area contributed by atoms with Gasteiger partial charge in [0.15, 0.2) is 5.96 Å². The third kappa shape index (κ3) is 7.97. The van der Waals surface area contributed by atoms with Crippen LogP contribution in [0.25, 0.3) is 0 Å². The number of nitrogens with zero attached hydrogens (tertiary/aromatic N) is 2. The van der Waals surface area contributed by atoms with Gasteiger partial charge in [-0.25, -0.2) is 0 Å². The Bertz CT molecular complexity index is 489. The zero-order valence-electron chi connectivity index (χ0n) is 13.9. The first-order chi connectivity index (χ1) is 11.3. The molecule has 0 aromatic carbocycles. The van der Waals surface area contributed by atoms with Gasteiger partial charge in [0.25, 0.3) is 0 Å². The molecule has 1 aromatic heterocycles. The maximum Gasteiger partial charge on any atom is 0.239 e. The quantitative estimate of drug-likeness (QED) is 0.308. The molecule has 0 unspecified atom stereocenters. The number of nitrogens with one attached hydrogen (secondary N) is 3. The van der Waals surface area contributed by atoms with Gasteiger partial charge in [0, 0.05) is 33.2 Å². The van der Waals surface area contributed by atoms with Crippen molar-refractivity contribution in [2.75, 3.05) is 53.0 Å². The predicted octanol–water partition coefficient (Wildman–Crippen LogP) is 0.0110. The number of morpholine rings is 1. The van der Waals surface area contributed by atoms with Crippen molar-refractivity contribution in [2.45, 2.75) is 6.54 Å². The summed E-state index contributed by atoms with van der Waals surface area (Å²) in [6.45, 7) is 5.76. The van der Waals surface area contributed by atoms with Crippen molar-refractivity contribution in [1.29, 1.82) is 0 Å². The van der Waals surface area contributed by atoms with Crippen LogP contribution in [-0.4, -0.2) is 69.8 Å². The molecule has 3 N–H and O–H groups in total. The number of halogens is 1. The lowest BCUT2D eigenvalue weighted by Gasteiger charge is -2.26. The molecule has 0 saturated carbocycles. The highest BCUT2D eigenvalue weighted by atomic mass is 127. The Morgan fingerprint density at radius 1 is 1.29 bits per heavy atom. The summed E-state index contributed by atoms with van der Waals surface area (Å²) in [6, 6.07) is 3.61. The first-order valence-electron chi connectivity index (χ1n) is 7.81. The minimum atomic E-state index is -0.113. The van der Waals surface area contributed by atoms with Crippen LogP contribution in [0.5, 0.6) is 0 Å². The van der Waals surface area contributed by atoms with E-state index in [0.29, 0.717) is 12.5 Å². The summed E-state index contributed by atoms with van der Waals surface area (Å²) < 4.78 is 10.5. The minimum Gasteiger partial charge on any atom is -0.467 e. The van der Waals surface area contributed by atoms with Crippen molar-refractivity contribution in [2.24, 2.45) is 4.99 Å². The predicted molar refractivity (Wildman–Crippen MR) is 103 cm³/mol. The summed E-state index contributed by atoms with van der Waals surface area (Å²) in [5.74, 6) is 1.23. The molecular weight excluding hydrogens is 425 g/mol. The van der Waals surface area contributed by atoms with E-state index in [1.165, 1.54) is 0 Å². The molecular formula is C15H26IN5O3. The van der Waals surface area contributed by atoms with Gasteiger partial charge in [0.2, 0.25) is 5.91 Å². The van der Waals surface area contributed by atoms with Gasteiger partial charge in [-0.1, -0.05) is 0 Å². The molecule has 1 fully saturated rings. The Kier molecular flexibility index (Phi) is 10.4. The Labute approximate surface area is 159 Å². The maximum absolute atomic E-state index is 11.8. The fourth-order valence-corrected chi connectivity index (χ4v) is 2.20. The lowest BCUT2D eigenvalue weighted by Crippen LogP contribution is -2.46. The molecule has 9 heteroatoms. The molecule has 0 radical (unpaired) electrons. The highest BCUT2D eigenvalue weighted by molar-refractivity contribution is 14.0. The van der Waals surface area contributed by atoms with Crippen molar-refractivity contribution < 1.29 is 13.9 Å². The van der Waals surface area contributed by atoms with E-state index in [4.69, 9.17) is 9.15 Å². The minimum absolute atomic E-state index is 0. The number of aliphatic imine (C=N–C) groups is 1. The topological polar surface area (TPSA) is 91.1 Å². The largest absolute Gasteiger partial charge is 0.467 e. The van der Waals surface area contributed by atoms with Gasteiger partial charge < -0.3 is 25.1 Å². The Hall–Kier alpha value is -1.33. The third-order valence-electron chi connectivity index (χ3n) is 3.50. The summed E-state index contributed by atoms with van der Waals surface area (Å²) in [6.07, 6.45) is 1.58. The zero-order chi connectivity index (χ0) is 16.3. The SMILES string of the molecule is CN=C(NCCN1CCOCC1)NCC(=O)NCc1ccco1.I. The van der Waals surface area contributed by atoms with Crippen LogP contribution in [0.15, 0.2) is 27.8 Å². The van der Waals surface area contributed by atoms with E-state index in [2.05, 4.69) is 25.8 Å². The fourth-order valence-electron chi connectivity index (χ4n) is 2.20. The van der Waals surface area contributed by atoms with Gasteiger partial charge in [0.1, 0.15) is 5.76 Å². The molecule has 136 valence electrons. The second-order valence-corrected chi connectivity index (χ2v) is 5.16. The van der Waals surface area contributed by atoms with Crippen LogP contribution in [0.2, 0.25) is 0 Å². The van der Waals surface area contributed by atoms with Gasteiger partial charge in [-0.2, -0.15) is 0 Å². The monoisotopic (exact) mass is 451 g/mol. The number of guanidine groups is 1. The normalized spacial score (nSPS) is 15.5. The van der Waals surface area contributed by atoms with Crippen molar-refractivity contribution in [1.82, 2.24) is 20.9 Å². The number of rotatable bonds is 7. The molecule has 1 amide bonds. The van der Waals surface area contributed by atoms with Crippen molar-refractivity contribution in [3.05, 3.63) is 24.2 Å². The van der Waals surface area contributed by atoms with Crippen LogP contribution >= 0.6 is 24.0 Å². The van der Waals surface area contributed by atoms with Gasteiger partial charge >= 0.3 is 0 Å². The molecule has 1 aliphatic rings. The number of furan rings is 1. The van der Waals surface area contributed by atoms with E-state index in [-0.39, 0.29) is 36.4 Å². The van der Waals surface area contributed by atoms with E-state index >= 15 is 0 Å². The second-order valence-electron chi connectivity index (χ2n) is 5.16. The molecule has 0 bridgehead atoms. The van der Waals surface area contributed by atoms with Crippen molar-refractivity contribution in [3.63, 3.8) is 0 Å². The highest BCUT2D eigenvalue weighted by Crippen LogP contribution is 1.98. The first-order valence-corrected chi connectivity index (χ1v) is 7.81. The lowest BCUT2D eigenvalue weighted by atomic mass is 10.4. The summed E-state index contributed by atoms with van der Waals surface area (Å²) in [5.41, 5.74) is 0. The standard InChI is InChI=1S/C15H25N5O3.HI/c1-16-15(17-4-5-20-6-9-22-10-7-20)19-12-14(21)18-11-13-3-2-8-23-13;/h2-3,8H,4-7,9-12H2,1H3,(H,18,21)(H2,16,17,19);1H. The van der Waals surface area contributed by atoms with E-state index in [9.17, 15) is 4.79 Å². The Balaban J connectivity index is 0.00000288. The molecule has 0 atom stereocenters. The van der Waals surface area contributed by atoms with E-state index in [1.807, 2.05) is 6.07 Å². The summed E-state index contributed by atoms with van der Waals surface area (Å²) in [7, 11) is 1.69. The van der Waals surface area contributed by atoms with Crippen LogP contribution in [0.4, 0.5) is 0 Å². The lowest BCUT2D eigenvalue weighted by molar-refractivity contribution is -0.120. The zero-order valence-corrected chi connectivity index (χ0v) is 16.2. The molecule has 8 nitrogen and oxygen atoms in total. The van der Waals surface area contributed by atoms with Crippen LogP contribution < -0.4 is 16.0 Å². The van der Waals surface area contributed by atoms with Crippen LogP contribution in [0, 0.1) is 0 Å². The summed E-state index contributed by atoms with van der Waals surface area (Å²) in [5, 5.41) is 8.96. The average Bonchev–Trinajstić information content (AvgIpc) is 3.10. The molecule has 24 heavy (non-hydrogen) atoms. The molecule has 2 rings (SSSR count). The second kappa shape index (κ2) is 12.1. The first kappa shape index (κ1) is 20.7. The van der Waals surface area contributed by atoms with Gasteiger partial charge in [-0.15, -0.1) is 24.0 Å². The number of hydrogen-bond acceptors (Lipinski definition) is 5. The molecule has 2 heterocycles. The van der Waals surface area contributed by atoms with Gasteiger partial charge in [0.05, 0.1) is 32.6 Å². The number of ether oxygens (including phenoxy) is 1. The number of amides is 1. The summed E-state index contributed by atoms with van der Waals surface area (Å²) >= 11 is 0. The number of hydrogen-bond donors (Lipinski definition) is 3. The third-order valence-corrected chi connectivity index (χ3v) is 3.50. The van der Waals surface area contributed by atoms with E-state index in [0.717, 1.165) is 45.2 Å². The highest BCUT2D eigenvalue weighted by Gasteiger charge is 2.10. The van der Waals surface area contributed by atoms with Gasteiger partial charge in [-0.3, -0.25) is 14.7 Å². The fraction of sp³-hybridized carbons (Fsp3) is 0.600. The van der Waals surface area contributed by atoms with Crippen molar-refractivity contribution in [3.8, 4) is 0 Å². The van der Waals surface area contributed by atoms with Crippen LogP contribution in [-0.2, 0) is 16.1 Å².